The van der Waals surface area contributed by atoms with Crippen LogP contribution in [-0.4, -0.2) is 26.0 Å². The smallest absolute Gasteiger partial charge is 0.118 e. The summed E-state index contributed by atoms with van der Waals surface area (Å²) in [5.74, 6) is 3.17. The molecular weight excluding hydrogens is 334 g/mol. The van der Waals surface area contributed by atoms with Gasteiger partial charge in [-0.3, -0.25) is 0 Å². The van der Waals surface area contributed by atoms with Crippen LogP contribution < -0.4 is 10.1 Å². The molecule has 1 aromatic rings. The summed E-state index contributed by atoms with van der Waals surface area (Å²) in [6.45, 7) is 4.58. The van der Waals surface area contributed by atoms with Crippen molar-refractivity contribution in [1.29, 1.82) is 0 Å². The molecule has 4 heteroatoms. The van der Waals surface area contributed by atoms with Crippen LogP contribution in [0.1, 0.15) is 63.9 Å². The first kappa shape index (κ1) is 21.7. The minimum Gasteiger partial charge on any atom is -0.497 e. The highest BCUT2D eigenvalue weighted by Gasteiger charge is 1.96. The molecule has 0 aliphatic heterocycles. The molecule has 0 bridgehead atoms. The van der Waals surface area contributed by atoms with E-state index in [4.69, 9.17) is 4.74 Å². The van der Waals surface area contributed by atoms with Crippen molar-refractivity contribution in [1.82, 2.24) is 5.32 Å². The molecule has 0 aliphatic rings. The van der Waals surface area contributed by atoms with Gasteiger partial charge in [-0.05, 0) is 30.7 Å². The lowest BCUT2D eigenvalue weighted by Gasteiger charge is -2.05. The van der Waals surface area contributed by atoms with Gasteiger partial charge in [0.25, 0.3) is 0 Å². The molecule has 0 saturated heterocycles. The standard InChI is InChI=1S/C20H35NOS2/c1-3-4-5-6-7-8-9-10-15-21-16-17-23-24-18-19-11-13-20(22-2)14-12-19/h11-14,21H,3-10,15-18H2,1-2H3. The molecular formula is C20H35NOS2. The monoisotopic (exact) mass is 369 g/mol. The Morgan fingerprint density at radius 2 is 1.50 bits per heavy atom. The lowest BCUT2D eigenvalue weighted by atomic mass is 10.1. The molecule has 0 saturated carbocycles. The van der Waals surface area contributed by atoms with E-state index < -0.39 is 0 Å². The molecule has 1 rings (SSSR count). The summed E-state index contributed by atoms with van der Waals surface area (Å²) in [6.07, 6.45) is 11.2. The van der Waals surface area contributed by atoms with Crippen molar-refractivity contribution in [3.8, 4) is 5.75 Å². The number of unbranched alkanes of at least 4 members (excludes halogenated alkanes) is 7. The molecule has 1 aromatic carbocycles. The van der Waals surface area contributed by atoms with E-state index in [1.807, 2.05) is 33.7 Å². The van der Waals surface area contributed by atoms with Gasteiger partial charge < -0.3 is 10.1 Å². The quantitative estimate of drug-likeness (QED) is 0.272. The average Bonchev–Trinajstić information content (AvgIpc) is 2.62. The first-order valence-corrected chi connectivity index (χ1v) is 11.9. The van der Waals surface area contributed by atoms with Crippen molar-refractivity contribution < 1.29 is 4.74 Å². The minimum atomic E-state index is 0.932. The van der Waals surface area contributed by atoms with Crippen molar-refractivity contribution in [2.75, 3.05) is 26.0 Å². The summed E-state index contributed by atoms with van der Waals surface area (Å²) in [7, 11) is 5.61. The van der Waals surface area contributed by atoms with Gasteiger partial charge in [0.15, 0.2) is 0 Å². The number of hydrogen-bond acceptors (Lipinski definition) is 4. The molecule has 24 heavy (non-hydrogen) atoms. The second-order valence-corrected chi connectivity index (χ2v) is 8.74. The van der Waals surface area contributed by atoms with Crippen molar-refractivity contribution in [2.45, 2.75) is 64.0 Å². The fraction of sp³-hybridized carbons (Fsp3) is 0.700. The SMILES string of the molecule is CCCCCCCCCCNCCSSCc1ccc(OC)cc1. The summed E-state index contributed by atoms with van der Waals surface area (Å²) in [5.41, 5.74) is 1.36. The van der Waals surface area contributed by atoms with E-state index in [2.05, 4.69) is 24.4 Å². The van der Waals surface area contributed by atoms with Gasteiger partial charge in [-0.25, -0.2) is 0 Å². The summed E-state index contributed by atoms with van der Waals surface area (Å²) in [6, 6.07) is 8.36. The molecule has 1 N–H and O–H groups in total. The third kappa shape index (κ3) is 12.1. The van der Waals surface area contributed by atoms with Crippen LogP contribution in [0.5, 0.6) is 5.75 Å². The van der Waals surface area contributed by atoms with E-state index in [9.17, 15) is 0 Å². The van der Waals surface area contributed by atoms with Gasteiger partial charge in [0.1, 0.15) is 5.75 Å². The maximum atomic E-state index is 5.18. The molecule has 2 nitrogen and oxygen atoms in total. The molecule has 138 valence electrons. The number of methoxy groups -OCH3 is 1. The summed E-state index contributed by atoms with van der Waals surface area (Å²) < 4.78 is 5.18. The number of ether oxygens (including phenoxy) is 1. The zero-order valence-electron chi connectivity index (χ0n) is 15.5. The molecule has 0 amide bonds. The van der Waals surface area contributed by atoms with E-state index in [1.165, 1.54) is 69.2 Å². The van der Waals surface area contributed by atoms with E-state index >= 15 is 0 Å². The molecule has 0 aliphatic carbocycles. The van der Waals surface area contributed by atoms with Crippen LogP contribution >= 0.6 is 21.6 Å². The first-order chi connectivity index (χ1) is 11.9. The fourth-order valence-electron chi connectivity index (χ4n) is 2.51. The Bertz CT molecular complexity index is 384. The normalized spacial score (nSPS) is 10.9. The van der Waals surface area contributed by atoms with E-state index in [-0.39, 0.29) is 0 Å². The van der Waals surface area contributed by atoms with Crippen molar-refractivity contribution in [2.24, 2.45) is 0 Å². The molecule has 0 radical (unpaired) electrons. The second kappa shape index (κ2) is 16.2. The zero-order chi connectivity index (χ0) is 17.3. The maximum Gasteiger partial charge on any atom is 0.118 e. The number of rotatable bonds is 16. The lowest BCUT2D eigenvalue weighted by Crippen LogP contribution is -2.18. The molecule has 0 aromatic heterocycles. The van der Waals surface area contributed by atoms with Crippen molar-refractivity contribution in [3.05, 3.63) is 29.8 Å². The number of hydrogen-bond donors (Lipinski definition) is 1. The Labute approximate surface area is 157 Å². The predicted molar refractivity (Wildman–Crippen MR) is 112 cm³/mol. The number of benzene rings is 1. The Balaban J connectivity index is 1.80. The average molecular weight is 370 g/mol. The fourth-order valence-corrected chi connectivity index (χ4v) is 4.53. The topological polar surface area (TPSA) is 21.3 Å². The Morgan fingerprint density at radius 3 is 2.17 bits per heavy atom. The van der Waals surface area contributed by atoms with Crippen LogP contribution in [0.3, 0.4) is 0 Å². The van der Waals surface area contributed by atoms with Crippen molar-refractivity contribution >= 4 is 21.6 Å². The summed E-state index contributed by atoms with van der Waals surface area (Å²) in [4.78, 5) is 0. The van der Waals surface area contributed by atoms with Crippen LogP contribution in [0.2, 0.25) is 0 Å². The van der Waals surface area contributed by atoms with E-state index in [1.54, 1.807) is 7.11 Å². The van der Waals surface area contributed by atoms with Gasteiger partial charge in [-0.15, -0.1) is 0 Å². The molecule has 0 atom stereocenters. The highest BCUT2D eigenvalue weighted by Crippen LogP contribution is 2.26. The molecule has 0 spiro atoms. The minimum absolute atomic E-state index is 0.932. The molecule has 0 heterocycles. The summed E-state index contributed by atoms with van der Waals surface area (Å²) in [5, 5.41) is 3.56. The Morgan fingerprint density at radius 1 is 0.833 bits per heavy atom. The van der Waals surface area contributed by atoms with Crippen LogP contribution in [0.25, 0.3) is 0 Å². The molecule has 0 fully saturated rings. The van der Waals surface area contributed by atoms with Gasteiger partial charge in [0.05, 0.1) is 7.11 Å². The van der Waals surface area contributed by atoms with Crippen LogP contribution in [-0.2, 0) is 5.75 Å². The lowest BCUT2D eigenvalue weighted by molar-refractivity contribution is 0.414. The van der Waals surface area contributed by atoms with Crippen LogP contribution in [0.15, 0.2) is 24.3 Å². The molecule has 0 unspecified atom stereocenters. The van der Waals surface area contributed by atoms with Gasteiger partial charge in [0.2, 0.25) is 0 Å². The highest BCUT2D eigenvalue weighted by molar-refractivity contribution is 8.76. The third-order valence-corrected chi connectivity index (χ3v) is 6.38. The van der Waals surface area contributed by atoms with Gasteiger partial charge in [-0.2, -0.15) is 0 Å². The Kier molecular flexibility index (Phi) is 14.6. The van der Waals surface area contributed by atoms with Gasteiger partial charge in [-0.1, -0.05) is 85.6 Å². The summed E-state index contributed by atoms with van der Waals surface area (Å²) >= 11 is 0. The second-order valence-electron chi connectivity index (χ2n) is 6.16. The zero-order valence-corrected chi connectivity index (χ0v) is 17.2. The number of nitrogens with one attached hydrogen (secondary N) is 1. The van der Waals surface area contributed by atoms with Gasteiger partial charge >= 0.3 is 0 Å². The largest absolute Gasteiger partial charge is 0.497 e. The maximum absolute atomic E-state index is 5.18. The highest BCUT2D eigenvalue weighted by atomic mass is 33.1. The van der Waals surface area contributed by atoms with E-state index in [0.717, 1.165) is 18.0 Å². The van der Waals surface area contributed by atoms with E-state index in [0.29, 0.717) is 0 Å². The third-order valence-electron chi connectivity index (χ3n) is 4.04. The van der Waals surface area contributed by atoms with Crippen LogP contribution in [0.4, 0.5) is 0 Å². The van der Waals surface area contributed by atoms with Crippen LogP contribution in [0, 0.1) is 0 Å². The predicted octanol–water partition coefficient (Wildman–Crippen LogP) is 6.31. The first-order valence-electron chi connectivity index (χ1n) is 9.45. The Hall–Kier alpha value is -0.320. The van der Waals surface area contributed by atoms with Crippen molar-refractivity contribution in [3.63, 3.8) is 0 Å². The van der Waals surface area contributed by atoms with Gasteiger partial charge in [0, 0.05) is 18.1 Å².